The van der Waals surface area contributed by atoms with Crippen LogP contribution in [0.2, 0.25) is 0 Å². The van der Waals surface area contributed by atoms with E-state index in [2.05, 4.69) is 6.92 Å². The summed E-state index contributed by atoms with van der Waals surface area (Å²) in [7, 11) is 0. The van der Waals surface area contributed by atoms with Gasteiger partial charge in [0.1, 0.15) is 5.75 Å². The molecule has 110 valence electrons. The van der Waals surface area contributed by atoms with E-state index in [1.165, 1.54) is 0 Å². The van der Waals surface area contributed by atoms with E-state index >= 15 is 0 Å². The van der Waals surface area contributed by atoms with Crippen LogP contribution >= 0.6 is 0 Å². The summed E-state index contributed by atoms with van der Waals surface area (Å²) in [6.07, 6.45) is 0.983. The second-order valence-electron chi connectivity index (χ2n) is 5.16. The summed E-state index contributed by atoms with van der Waals surface area (Å²) in [5, 5.41) is 9.15. The van der Waals surface area contributed by atoms with Crippen molar-refractivity contribution in [2.75, 3.05) is 6.61 Å². The lowest BCUT2D eigenvalue weighted by atomic mass is 9.95. The Hall–Kier alpha value is -2.29. The van der Waals surface area contributed by atoms with Crippen LogP contribution in [0, 0.1) is 13.8 Å². The fraction of sp³-hybridized carbons (Fsp3) is 0.278. The second kappa shape index (κ2) is 6.44. The van der Waals surface area contributed by atoms with Crippen LogP contribution in [0.4, 0.5) is 0 Å². The number of aryl methyl sites for hydroxylation is 2. The van der Waals surface area contributed by atoms with Gasteiger partial charge in [-0.2, -0.15) is 0 Å². The highest BCUT2D eigenvalue weighted by molar-refractivity contribution is 5.91. The van der Waals surface area contributed by atoms with Crippen LogP contribution in [-0.2, 0) is 0 Å². The predicted molar refractivity (Wildman–Crippen MR) is 84.1 cm³/mol. The third-order valence-corrected chi connectivity index (χ3v) is 3.44. The van der Waals surface area contributed by atoms with Gasteiger partial charge in [-0.05, 0) is 60.7 Å². The Morgan fingerprint density at radius 3 is 2.33 bits per heavy atom. The summed E-state index contributed by atoms with van der Waals surface area (Å²) in [5.74, 6) is -0.0254. The molecule has 3 heteroatoms. The van der Waals surface area contributed by atoms with E-state index in [-0.39, 0.29) is 0 Å². The standard InChI is InChI=1S/C18H20O3/c1-4-9-21-15-7-5-14(6-8-15)16-10-13(3)17(18(19)20)11-12(16)2/h5-8,10-11H,4,9H2,1-3H3,(H,19,20). The molecular formula is C18H20O3. The Kier molecular flexibility index (Phi) is 4.63. The summed E-state index contributed by atoms with van der Waals surface area (Å²) in [5.41, 5.74) is 4.21. The first-order valence-corrected chi connectivity index (χ1v) is 7.10. The average Bonchev–Trinajstić information content (AvgIpc) is 2.47. The van der Waals surface area contributed by atoms with Crippen LogP contribution in [-0.4, -0.2) is 17.7 Å². The Morgan fingerprint density at radius 2 is 1.76 bits per heavy atom. The van der Waals surface area contributed by atoms with Gasteiger partial charge in [0.2, 0.25) is 0 Å². The van der Waals surface area contributed by atoms with E-state index in [0.717, 1.165) is 34.4 Å². The number of hydrogen-bond acceptors (Lipinski definition) is 2. The minimum Gasteiger partial charge on any atom is -0.494 e. The van der Waals surface area contributed by atoms with Crippen molar-refractivity contribution in [1.29, 1.82) is 0 Å². The van der Waals surface area contributed by atoms with Gasteiger partial charge in [0, 0.05) is 0 Å². The molecule has 0 atom stereocenters. The maximum absolute atomic E-state index is 11.2. The Labute approximate surface area is 125 Å². The number of carbonyl (C=O) groups is 1. The lowest BCUT2D eigenvalue weighted by molar-refractivity contribution is 0.0696. The van der Waals surface area contributed by atoms with E-state index in [1.807, 2.05) is 44.2 Å². The SMILES string of the molecule is CCCOc1ccc(-c2cc(C)c(C(=O)O)cc2C)cc1. The zero-order chi connectivity index (χ0) is 15.4. The third kappa shape index (κ3) is 3.43. The first-order chi connectivity index (χ1) is 10.0. The van der Waals surface area contributed by atoms with Crippen molar-refractivity contribution in [2.45, 2.75) is 27.2 Å². The fourth-order valence-corrected chi connectivity index (χ4v) is 2.31. The predicted octanol–water partition coefficient (Wildman–Crippen LogP) is 4.46. The topological polar surface area (TPSA) is 46.5 Å². The molecule has 21 heavy (non-hydrogen) atoms. The Bertz CT molecular complexity index is 642. The van der Waals surface area contributed by atoms with Crippen LogP contribution in [0.1, 0.15) is 34.8 Å². The second-order valence-corrected chi connectivity index (χ2v) is 5.16. The fourth-order valence-electron chi connectivity index (χ4n) is 2.31. The lowest BCUT2D eigenvalue weighted by Crippen LogP contribution is -2.01. The Morgan fingerprint density at radius 1 is 1.10 bits per heavy atom. The number of benzene rings is 2. The highest BCUT2D eigenvalue weighted by atomic mass is 16.5. The quantitative estimate of drug-likeness (QED) is 0.881. The van der Waals surface area contributed by atoms with E-state index in [1.54, 1.807) is 6.07 Å². The molecule has 0 bridgehead atoms. The number of aromatic carboxylic acids is 1. The molecule has 0 aromatic heterocycles. The van der Waals surface area contributed by atoms with Crippen LogP contribution in [0.15, 0.2) is 36.4 Å². The number of rotatable bonds is 5. The van der Waals surface area contributed by atoms with Crippen LogP contribution in [0.3, 0.4) is 0 Å². The third-order valence-electron chi connectivity index (χ3n) is 3.44. The van der Waals surface area contributed by atoms with Gasteiger partial charge in [-0.1, -0.05) is 25.1 Å². The molecule has 2 aromatic rings. The molecule has 0 radical (unpaired) electrons. The molecule has 0 aliphatic rings. The monoisotopic (exact) mass is 284 g/mol. The lowest BCUT2D eigenvalue weighted by Gasteiger charge is -2.11. The number of carboxylic acid groups (broad SMARTS) is 1. The van der Waals surface area contributed by atoms with Crippen molar-refractivity contribution in [3.63, 3.8) is 0 Å². The molecule has 2 rings (SSSR count). The molecule has 0 amide bonds. The van der Waals surface area contributed by atoms with E-state index in [0.29, 0.717) is 12.2 Å². The van der Waals surface area contributed by atoms with Gasteiger partial charge in [0.15, 0.2) is 0 Å². The molecule has 0 fully saturated rings. The van der Waals surface area contributed by atoms with Crippen molar-refractivity contribution in [2.24, 2.45) is 0 Å². The van der Waals surface area contributed by atoms with E-state index in [9.17, 15) is 4.79 Å². The maximum Gasteiger partial charge on any atom is 0.335 e. The molecule has 0 unspecified atom stereocenters. The molecule has 0 aliphatic heterocycles. The summed E-state index contributed by atoms with van der Waals surface area (Å²) in [6.45, 7) is 6.54. The molecule has 0 spiro atoms. The highest BCUT2D eigenvalue weighted by Crippen LogP contribution is 2.28. The number of hydrogen-bond donors (Lipinski definition) is 1. The van der Waals surface area contributed by atoms with Crippen molar-refractivity contribution >= 4 is 5.97 Å². The normalized spacial score (nSPS) is 10.4. The van der Waals surface area contributed by atoms with Crippen LogP contribution in [0.5, 0.6) is 5.75 Å². The molecule has 0 saturated heterocycles. The highest BCUT2D eigenvalue weighted by Gasteiger charge is 2.11. The summed E-state index contributed by atoms with van der Waals surface area (Å²) < 4.78 is 5.57. The minimum atomic E-state index is -0.884. The van der Waals surface area contributed by atoms with Gasteiger partial charge in [-0.15, -0.1) is 0 Å². The van der Waals surface area contributed by atoms with Crippen LogP contribution < -0.4 is 4.74 Å². The molecule has 0 saturated carbocycles. The zero-order valence-corrected chi connectivity index (χ0v) is 12.6. The van der Waals surface area contributed by atoms with Crippen LogP contribution in [0.25, 0.3) is 11.1 Å². The molecule has 1 N–H and O–H groups in total. The van der Waals surface area contributed by atoms with Crippen molar-refractivity contribution in [3.8, 4) is 16.9 Å². The average molecular weight is 284 g/mol. The molecule has 2 aromatic carbocycles. The van der Waals surface area contributed by atoms with Gasteiger partial charge in [0.25, 0.3) is 0 Å². The smallest absolute Gasteiger partial charge is 0.335 e. The van der Waals surface area contributed by atoms with Gasteiger partial charge < -0.3 is 9.84 Å². The summed E-state index contributed by atoms with van der Waals surface area (Å²) >= 11 is 0. The molecule has 0 heterocycles. The largest absolute Gasteiger partial charge is 0.494 e. The van der Waals surface area contributed by atoms with Gasteiger partial charge in [0.05, 0.1) is 12.2 Å². The molecular weight excluding hydrogens is 264 g/mol. The Balaban J connectivity index is 2.33. The summed E-state index contributed by atoms with van der Waals surface area (Å²) in [4.78, 5) is 11.2. The minimum absolute atomic E-state index is 0.360. The van der Waals surface area contributed by atoms with Crippen molar-refractivity contribution in [3.05, 3.63) is 53.1 Å². The van der Waals surface area contributed by atoms with Crippen molar-refractivity contribution in [1.82, 2.24) is 0 Å². The zero-order valence-electron chi connectivity index (χ0n) is 12.6. The number of carboxylic acids is 1. The summed E-state index contributed by atoms with van der Waals surface area (Å²) in [6, 6.07) is 11.6. The van der Waals surface area contributed by atoms with Gasteiger partial charge in [-0.3, -0.25) is 0 Å². The van der Waals surface area contributed by atoms with Crippen molar-refractivity contribution < 1.29 is 14.6 Å². The first kappa shape index (κ1) is 15.1. The van der Waals surface area contributed by atoms with E-state index in [4.69, 9.17) is 9.84 Å². The number of ether oxygens (including phenoxy) is 1. The van der Waals surface area contributed by atoms with E-state index < -0.39 is 5.97 Å². The first-order valence-electron chi connectivity index (χ1n) is 7.10. The van der Waals surface area contributed by atoms with Gasteiger partial charge in [-0.25, -0.2) is 4.79 Å². The maximum atomic E-state index is 11.2. The molecule has 3 nitrogen and oxygen atoms in total. The molecule has 0 aliphatic carbocycles. The van der Waals surface area contributed by atoms with Gasteiger partial charge >= 0.3 is 5.97 Å².